The van der Waals surface area contributed by atoms with Crippen LogP contribution in [-0.2, 0) is 11.2 Å². The fourth-order valence-electron chi connectivity index (χ4n) is 3.97. The van der Waals surface area contributed by atoms with E-state index in [1.807, 2.05) is 31.2 Å². The van der Waals surface area contributed by atoms with Crippen LogP contribution >= 0.6 is 0 Å². The van der Waals surface area contributed by atoms with Gasteiger partial charge in [-0.3, -0.25) is 4.79 Å². The van der Waals surface area contributed by atoms with E-state index >= 15 is 0 Å². The van der Waals surface area contributed by atoms with E-state index in [4.69, 9.17) is 4.74 Å². The van der Waals surface area contributed by atoms with Gasteiger partial charge in [-0.1, -0.05) is 44.2 Å². The minimum absolute atomic E-state index is 0.0655. The van der Waals surface area contributed by atoms with Crippen molar-refractivity contribution in [2.24, 2.45) is 5.92 Å². The number of ether oxygens (including phenoxy) is 1. The molecular formula is C25H34N2O2. The van der Waals surface area contributed by atoms with E-state index in [-0.39, 0.29) is 11.9 Å². The van der Waals surface area contributed by atoms with Crippen molar-refractivity contribution in [1.29, 1.82) is 0 Å². The summed E-state index contributed by atoms with van der Waals surface area (Å²) in [6.45, 7) is 10.5. The van der Waals surface area contributed by atoms with Gasteiger partial charge in [-0.15, -0.1) is 0 Å². The predicted octanol–water partition coefficient (Wildman–Crippen LogP) is 5.13. The van der Waals surface area contributed by atoms with Gasteiger partial charge in [0.05, 0.1) is 6.04 Å². The second-order valence-corrected chi connectivity index (χ2v) is 8.24. The summed E-state index contributed by atoms with van der Waals surface area (Å²) in [6.07, 6.45) is 2.91. The highest BCUT2D eigenvalue weighted by Crippen LogP contribution is 2.25. The molecule has 3 rings (SSSR count). The van der Waals surface area contributed by atoms with Crippen molar-refractivity contribution < 1.29 is 9.53 Å². The normalized spacial score (nSPS) is 18.8. The Morgan fingerprint density at radius 2 is 1.90 bits per heavy atom. The number of rotatable bonds is 7. The lowest BCUT2D eigenvalue weighted by atomic mass is 9.99. The average molecular weight is 395 g/mol. The summed E-state index contributed by atoms with van der Waals surface area (Å²) in [5, 5.41) is 3.08. The van der Waals surface area contributed by atoms with Crippen LogP contribution in [0.25, 0.3) is 0 Å². The Labute approximate surface area is 175 Å². The smallest absolute Gasteiger partial charge is 0.261 e. The molecule has 1 N–H and O–H groups in total. The van der Waals surface area contributed by atoms with Crippen molar-refractivity contribution >= 4 is 11.6 Å². The minimum Gasteiger partial charge on any atom is -0.481 e. The molecule has 4 heteroatoms. The molecule has 0 bridgehead atoms. The number of aryl methyl sites for hydroxylation is 1. The molecule has 4 nitrogen and oxygen atoms in total. The van der Waals surface area contributed by atoms with Crippen LogP contribution in [0.3, 0.4) is 0 Å². The lowest BCUT2D eigenvalue weighted by Gasteiger charge is -2.33. The molecule has 0 aliphatic carbocycles. The summed E-state index contributed by atoms with van der Waals surface area (Å²) in [5.74, 6) is 1.43. The lowest BCUT2D eigenvalue weighted by molar-refractivity contribution is -0.127. The third-order valence-corrected chi connectivity index (χ3v) is 5.80. The Morgan fingerprint density at radius 1 is 1.17 bits per heavy atom. The second kappa shape index (κ2) is 9.82. The van der Waals surface area contributed by atoms with E-state index in [0.717, 1.165) is 42.3 Å². The molecule has 1 heterocycles. The van der Waals surface area contributed by atoms with Crippen LogP contribution in [-0.4, -0.2) is 25.1 Å². The number of carbonyl (C=O) groups excluding carboxylic acids is 1. The van der Waals surface area contributed by atoms with Crippen molar-refractivity contribution in [2.45, 2.75) is 59.1 Å². The van der Waals surface area contributed by atoms with Crippen molar-refractivity contribution in [1.82, 2.24) is 5.32 Å². The third-order valence-electron chi connectivity index (χ3n) is 5.80. The van der Waals surface area contributed by atoms with Crippen molar-refractivity contribution in [3.8, 4) is 5.75 Å². The number of nitrogens with zero attached hydrogens (tertiary/aromatic N) is 1. The molecule has 1 aliphatic heterocycles. The zero-order valence-electron chi connectivity index (χ0n) is 18.2. The largest absolute Gasteiger partial charge is 0.481 e. The number of hydrogen-bond acceptors (Lipinski definition) is 3. The van der Waals surface area contributed by atoms with Crippen LogP contribution < -0.4 is 15.0 Å². The van der Waals surface area contributed by atoms with Crippen LogP contribution in [0.15, 0.2) is 48.5 Å². The van der Waals surface area contributed by atoms with E-state index in [1.54, 1.807) is 6.92 Å². The van der Waals surface area contributed by atoms with Crippen LogP contribution in [0.4, 0.5) is 5.69 Å². The summed E-state index contributed by atoms with van der Waals surface area (Å²) in [4.78, 5) is 15.1. The Morgan fingerprint density at radius 3 is 2.59 bits per heavy atom. The van der Waals surface area contributed by atoms with E-state index in [1.165, 1.54) is 18.5 Å². The molecule has 1 fully saturated rings. The Balaban J connectivity index is 1.57. The van der Waals surface area contributed by atoms with Crippen molar-refractivity contribution in [2.75, 3.05) is 18.0 Å². The summed E-state index contributed by atoms with van der Waals surface area (Å²) in [6, 6.07) is 16.4. The number of anilines is 1. The molecule has 0 aromatic heterocycles. The van der Waals surface area contributed by atoms with Gasteiger partial charge in [0, 0.05) is 18.8 Å². The van der Waals surface area contributed by atoms with Gasteiger partial charge in [0.1, 0.15) is 5.75 Å². The molecule has 3 atom stereocenters. The first-order valence-corrected chi connectivity index (χ1v) is 10.9. The summed E-state index contributed by atoms with van der Waals surface area (Å²) in [5.41, 5.74) is 3.49. The Bertz CT molecular complexity index is 803. The quantitative estimate of drug-likeness (QED) is 0.708. The maximum atomic E-state index is 12.6. The van der Waals surface area contributed by atoms with Gasteiger partial charge in [0.15, 0.2) is 6.10 Å². The summed E-state index contributed by atoms with van der Waals surface area (Å²) in [7, 11) is 0. The fraction of sp³-hybridized carbons (Fsp3) is 0.480. The second-order valence-electron chi connectivity index (χ2n) is 8.24. The maximum absolute atomic E-state index is 12.6. The number of benzene rings is 2. The van der Waals surface area contributed by atoms with Gasteiger partial charge in [-0.2, -0.15) is 0 Å². The standard InChI is InChI=1S/C25H34N2O2/c1-5-21-10-6-7-11-24(21)29-20(4)25(28)26-19(3)22-12-14-23(15-13-22)27-16-8-9-18(2)17-27/h6-7,10-15,18-20H,5,8-9,16-17H2,1-4H3,(H,26,28)/t18-,19+,20-/m1/s1. The zero-order valence-corrected chi connectivity index (χ0v) is 18.2. The van der Waals surface area contributed by atoms with E-state index in [0.29, 0.717) is 0 Å². The van der Waals surface area contributed by atoms with Gasteiger partial charge in [0.2, 0.25) is 0 Å². The zero-order chi connectivity index (χ0) is 20.8. The van der Waals surface area contributed by atoms with Crippen LogP contribution in [0.2, 0.25) is 0 Å². The molecule has 1 amide bonds. The fourth-order valence-corrected chi connectivity index (χ4v) is 3.97. The number of piperidine rings is 1. The molecule has 2 aromatic rings. The molecule has 1 saturated heterocycles. The molecule has 0 saturated carbocycles. The summed E-state index contributed by atoms with van der Waals surface area (Å²) >= 11 is 0. The monoisotopic (exact) mass is 394 g/mol. The van der Waals surface area contributed by atoms with E-state index in [2.05, 4.69) is 48.3 Å². The molecule has 1 aliphatic rings. The maximum Gasteiger partial charge on any atom is 0.261 e. The van der Waals surface area contributed by atoms with Gasteiger partial charge in [0.25, 0.3) is 5.91 Å². The van der Waals surface area contributed by atoms with Crippen molar-refractivity contribution in [3.05, 3.63) is 59.7 Å². The number of amides is 1. The third kappa shape index (κ3) is 5.53. The van der Waals surface area contributed by atoms with Gasteiger partial charge in [-0.05, 0) is 68.4 Å². The molecule has 0 spiro atoms. The molecular weight excluding hydrogens is 360 g/mol. The lowest BCUT2D eigenvalue weighted by Crippen LogP contribution is -2.38. The van der Waals surface area contributed by atoms with E-state index < -0.39 is 6.10 Å². The SMILES string of the molecule is CCc1ccccc1O[C@H](C)C(=O)N[C@@H](C)c1ccc(N2CCC[C@@H](C)C2)cc1. The van der Waals surface area contributed by atoms with Gasteiger partial charge < -0.3 is 15.0 Å². The first-order valence-electron chi connectivity index (χ1n) is 10.9. The highest BCUT2D eigenvalue weighted by Gasteiger charge is 2.20. The van der Waals surface area contributed by atoms with Crippen LogP contribution in [0.5, 0.6) is 5.75 Å². The van der Waals surface area contributed by atoms with Gasteiger partial charge >= 0.3 is 0 Å². The molecule has 156 valence electrons. The Hall–Kier alpha value is -2.49. The number of carbonyl (C=O) groups is 1. The van der Waals surface area contributed by atoms with Gasteiger partial charge in [-0.25, -0.2) is 0 Å². The molecule has 29 heavy (non-hydrogen) atoms. The molecule has 0 unspecified atom stereocenters. The topological polar surface area (TPSA) is 41.6 Å². The summed E-state index contributed by atoms with van der Waals surface area (Å²) < 4.78 is 5.92. The Kier molecular flexibility index (Phi) is 7.18. The van der Waals surface area contributed by atoms with Crippen molar-refractivity contribution in [3.63, 3.8) is 0 Å². The predicted molar refractivity (Wildman–Crippen MR) is 120 cm³/mol. The van der Waals surface area contributed by atoms with Crippen LogP contribution in [0.1, 0.15) is 57.7 Å². The van der Waals surface area contributed by atoms with Crippen LogP contribution in [0, 0.1) is 5.92 Å². The number of para-hydroxylation sites is 1. The minimum atomic E-state index is -0.542. The highest BCUT2D eigenvalue weighted by molar-refractivity contribution is 5.81. The average Bonchev–Trinajstić information content (AvgIpc) is 2.74. The molecule has 2 aromatic carbocycles. The first-order chi connectivity index (χ1) is 14.0. The number of nitrogens with one attached hydrogen (secondary N) is 1. The highest BCUT2D eigenvalue weighted by atomic mass is 16.5. The first kappa shape index (κ1) is 21.2. The molecule has 0 radical (unpaired) electrons. The number of hydrogen-bond donors (Lipinski definition) is 1. The van der Waals surface area contributed by atoms with E-state index in [9.17, 15) is 4.79 Å².